The number of fused-ring (bicyclic) bond motifs is 5. The van der Waals surface area contributed by atoms with E-state index in [-0.39, 0.29) is 16.6 Å². The van der Waals surface area contributed by atoms with E-state index in [1.165, 1.54) is 12.5 Å². The molecule has 0 bridgehead atoms. The van der Waals surface area contributed by atoms with Crippen molar-refractivity contribution in [3.8, 4) is 0 Å². The minimum absolute atomic E-state index is 0.000252. The third-order valence-electron chi connectivity index (χ3n) is 9.05. The average molecular weight is 413 g/mol. The predicted molar refractivity (Wildman–Crippen MR) is 104 cm³/mol. The molecule has 0 spiro atoms. The van der Waals surface area contributed by atoms with Crippen molar-refractivity contribution in [2.24, 2.45) is 28.6 Å². The van der Waals surface area contributed by atoms with Gasteiger partial charge >= 0.3 is 10.4 Å². The highest BCUT2D eigenvalue weighted by atomic mass is 32.3. The lowest BCUT2D eigenvalue weighted by Gasteiger charge is -2.58. The van der Waals surface area contributed by atoms with E-state index in [1.54, 1.807) is 0 Å². The van der Waals surface area contributed by atoms with Gasteiger partial charge in [-0.2, -0.15) is 8.42 Å². The summed E-state index contributed by atoms with van der Waals surface area (Å²) in [5.41, 5.74) is -0.307. The number of allylic oxidation sites excluding steroid dienone is 1. The second kappa shape index (κ2) is 6.37. The predicted octanol–water partition coefficient (Wildman–Crippen LogP) is 3.46. The maximum atomic E-state index is 12.3. The molecule has 28 heavy (non-hydrogen) atoms. The van der Waals surface area contributed by atoms with Crippen LogP contribution >= 0.6 is 0 Å². The van der Waals surface area contributed by atoms with Crippen molar-refractivity contribution in [2.75, 3.05) is 0 Å². The van der Waals surface area contributed by atoms with Crippen LogP contribution in [0.3, 0.4) is 0 Å². The van der Waals surface area contributed by atoms with E-state index in [0.29, 0.717) is 37.0 Å². The molecule has 0 aromatic heterocycles. The molecule has 0 aromatic carbocycles. The minimum atomic E-state index is -4.43. The van der Waals surface area contributed by atoms with Gasteiger partial charge in [-0.3, -0.25) is 9.35 Å². The van der Waals surface area contributed by atoms with Crippen molar-refractivity contribution in [2.45, 2.75) is 83.8 Å². The molecule has 4 rings (SSSR count). The highest BCUT2D eigenvalue weighted by Gasteiger charge is 2.65. The molecule has 7 atom stereocenters. The number of hydrogen-bond acceptors (Lipinski definition) is 5. The van der Waals surface area contributed by atoms with E-state index < -0.39 is 22.1 Å². The average Bonchev–Trinajstić information content (AvgIpc) is 2.87. The Kier molecular flexibility index (Phi) is 4.66. The Bertz CT molecular complexity index is 819. The molecular weight excluding hydrogens is 380 g/mol. The molecule has 4 aliphatic carbocycles. The maximum Gasteiger partial charge on any atom is 0.397 e. The van der Waals surface area contributed by atoms with Gasteiger partial charge in [0.15, 0.2) is 5.78 Å². The summed E-state index contributed by atoms with van der Waals surface area (Å²) < 4.78 is 36.1. The van der Waals surface area contributed by atoms with Gasteiger partial charge in [-0.15, -0.1) is 0 Å². The largest absolute Gasteiger partial charge is 0.397 e. The van der Waals surface area contributed by atoms with Gasteiger partial charge in [0, 0.05) is 5.41 Å². The van der Waals surface area contributed by atoms with E-state index in [2.05, 4.69) is 19.9 Å². The summed E-state index contributed by atoms with van der Waals surface area (Å²) in [6.45, 7) is 5.92. The van der Waals surface area contributed by atoms with Crippen molar-refractivity contribution in [1.82, 2.24) is 0 Å². The summed E-state index contributed by atoms with van der Waals surface area (Å²) in [6.07, 6.45) is 7.92. The molecule has 6 nitrogen and oxygen atoms in total. The molecule has 0 unspecified atom stereocenters. The summed E-state index contributed by atoms with van der Waals surface area (Å²) in [7, 11) is -4.43. The molecule has 0 saturated heterocycles. The minimum Gasteiger partial charge on any atom is -0.382 e. The standard InChI is InChI=1S/C21H32O6S/c1-13(22)21(23)11-8-18-16-5-4-14-12-15(27-28(24,25)26)6-9-19(14,2)17(16)7-10-20(18,21)3/h4,15-18,23H,5-12H2,1-3H3,(H,24,25,26)/t15-,16+,17-,18-,19-,20-,21-/m0/s1. The lowest BCUT2D eigenvalue weighted by atomic mass is 9.47. The molecule has 3 fully saturated rings. The van der Waals surface area contributed by atoms with Crippen LogP contribution in [0.4, 0.5) is 0 Å². The van der Waals surface area contributed by atoms with Crippen LogP contribution in [-0.4, -0.2) is 35.6 Å². The van der Waals surface area contributed by atoms with Crippen molar-refractivity contribution in [3.05, 3.63) is 11.6 Å². The van der Waals surface area contributed by atoms with Crippen molar-refractivity contribution >= 4 is 16.2 Å². The van der Waals surface area contributed by atoms with Crippen LogP contribution in [0.25, 0.3) is 0 Å². The number of carbonyl (C=O) groups is 1. The summed E-state index contributed by atoms with van der Waals surface area (Å²) >= 11 is 0. The first-order valence-electron chi connectivity index (χ1n) is 10.5. The lowest BCUT2D eigenvalue weighted by molar-refractivity contribution is -0.159. The zero-order valence-electron chi connectivity index (χ0n) is 17.0. The van der Waals surface area contributed by atoms with Crippen molar-refractivity contribution in [3.63, 3.8) is 0 Å². The smallest absolute Gasteiger partial charge is 0.382 e. The van der Waals surface area contributed by atoms with Gasteiger partial charge < -0.3 is 5.11 Å². The van der Waals surface area contributed by atoms with Gasteiger partial charge in [0.2, 0.25) is 0 Å². The molecule has 4 aliphatic rings. The number of ketones is 1. The highest BCUT2D eigenvalue weighted by molar-refractivity contribution is 7.80. The third-order valence-corrected chi connectivity index (χ3v) is 9.57. The number of hydrogen-bond donors (Lipinski definition) is 2. The molecule has 0 heterocycles. The van der Waals surface area contributed by atoms with E-state index in [4.69, 9.17) is 8.74 Å². The molecule has 0 aromatic rings. The molecule has 2 N–H and O–H groups in total. The topological polar surface area (TPSA) is 101 Å². The fourth-order valence-corrected chi connectivity index (χ4v) is 7.98. The van der Waals surface area contributed by atoms with Gasteiger partial charge in [-0.05, 0) is 81.5 Å². The Morgan fingerprint density at radius 1 is 1.14 bits per heavy atom. The van der Waals surface area contributed by atoms with E-state index in [0.717, 1.165) is 32.1 Å². The Morgan fingerprint density at radius 3 is 2.46 bits per heavy atom. The summed E-state index contributed by atoms with van der Waals surface area (Å²) in [6, 6.07) is 0. The van der Waals surface area contributed by atoms with Crippen molar-refractivity contribution in [1.29, 1.82) is 0 Å². The normalized spacial score (nSPS) is 48.2. The Labute approximate surface area is 167 Å². The van der Waals surface area contributed by atoms with Gasteiger partial charge in [-0.25, -0.2) is 4.18 Å². The van der Waals surface area contributed by atoms with Gasteiger partial charge in [0.25, 0.3) is 0 Å². The summed E-state index contributed by atoms with van der Waals surface area (Å²) in [4.78, 5) is 12.3. The molecule has 3 saturated carbocycles. The number of aliphatic hydroxyl groups is 1. The molecule has 0 radical (unpaired) electrons. The molecular formula is C21H32O6S. The number of Topliss-reactive ketones (excluding diaryl/α,β-unsaturated/α-hetero) is 1. The van der Waals surface area contributed by atoms with Gasteiger partial charge in [0.1, 0.15) is 5.60 Å². The molecule has 0 aliphatic heterocycles. The quantitative estimate of drug-likeness (QED) is 0.544. The Hall–Kier alpha value is -0.760. The van der Waals surface area contributed by atoms with E-state index >= 15 is 0 Å². The third kappa shape index (κ3) is 2.84. The lowest BCUT2D eigenvalue weighted by Crippen LogP contribution is -2.57. The van der Waals surface area contributed by atoms with Crippen LogP contribution in [0, 0.1) is 28.6 Å². The van der Waals surface area contributed by atoms with Crippen LogP contribution < -0.4 is 0 Å². The SMILES string of the molecule is CC(=O)[C@@]1(O)CC[C@H]2[C@@H]3CC=C4C[C@@H](OS(=O)(=O)O)CC[C@]4(C)[C@H]3CC[C@@]21C. The van der Waals surface area contributed by atoms with Crippen LogP contribution in [-0.2, 0) is 19.4 Å². The number of rotatable bonds is 3. The second-order valence-electron chi connectivity index (χ2n) is 10.1. The highest BCUT2D eigenvalue weighted by Crippen LogP contribution is 2.67. The summed E-state index contributed by atoms with van der Waals surface area (Å²) in [5, 5.41) is 11.2. The number of carbonyl (C=O) groups excluding carboxylic acids is 1. The van der Waals surface area contributed by atoms with Crippen molar-refractivity contribution < 1.29 is 27.1 Å². The molecule has 7 heteroatoms. The molecule has 158 valence electrons. The monoisotopic (exact) mass is 412 g/mol. The first-order valence-corrected chi connectivity index (χ1v) is 11.9. The van der Waals surface area contributed by atoms with E-state index in [9.17, 15) is 18.3 Å². The Balaban J connectivity index is 1.61. The first kappa shape index (κ1) is 20.5. The fourth-order valence-electron chi connectivity index (χ4n) is 7.48. The first-order chi connectivity index (χ1) is 12.9. The Morgan fingerprint density at radius 2 is 1.82 bits per heavy atom. The van der Waals surface area contributed by atoms with Crippen LogP contribution in [0.5, 0.6) is 0 Å². The molecule has 0 amide bonds. The maximum absolute atomic E-state index is 12.3. The van der Waals surface area contributed by atoms with E-state index in [1.807, 2.05) is 0 Å². The fraction of sp³-hybridized carbons (Fsp3) is 0.857. The van der Waals surface area contributed by atoms with Gasteiger partial charge in [-0.1, -0.05) is 25.5 Å². The van der Waals surface area contributed by atoms with Crippen LogP contribution in [0.1, 0.15) is 72.1 Å². The van der Waals surface area contributed by atoms with Crippen LogP contribution in [0.15, 0.2) is 11.6 Å². The zero-order chi connectivity index (χ0) is 20.5. The summed E-state index contributed by atoms with van der Waals surface area (Å²) in [5.74, 6) is 1.16. The van der Waals surface area contributed by atoms with Crippen LogP contribution in [0.2, 0.25) is 0 Å². The second-order valence-corrected chi connectivity index (χ2v) is 11.1. The zero-order valence-corrected chi connectivity index (χ0v) is 17.8. The van der Waals surface area contributed by atoms with Gasteiger partial charge in [0.05, 0.1) is 6.10 Å².